The van der Waals surface area contributed by atoms with Crippen LogP contribution < -0.4 is 0 Å². The Morgan fingerprint density at radius 3 is 1.65 bits per heavy atom. The Balaban J connectivity index is 4.99. The molecule has 2 nitrogen and oxygen atoms in total. The molecule has 8 heteroatoms. The third kappa shape index (κ3) is 6.52. The second-order valence-corrected chi connectivity index (χ2v) is 4.17. The van der Waals surface area contributed by atoms with Crippen molar-refractivity contribution in [3.8, 4) is 0 Å². The lowest BCUT2D eigenvalue weighted by molar-refractivity contribution is -0.370. The average Bonchev–Trinajstić information content (AvgIpc) is 1.91. The lowest BCUT2D eigenvalue weighted by atomic mass is 10.1. The number of nitrogens with zero attached hydrogens (tertiary/aromatic N) is 1. The molecule has 17 heavy (non-hydrogen) atoms. The zero-order chi connectivity index (χ0) is 14.1. The van der Waals surface area contributed by atoms with Crippen LogP contribution in [0, 0.1) is 0 Å². The standard InChI is InChI=1S/C9H13F6NO/c1-6(4-7(2,3)17)5-16(8(10,11)12)9(13,14)15/h4,17H,5H2,1-3H3/b6-4+. The predicted octanol–water partition coefficient (Wildman–Crippen LogP) is 3.05. The lowest BCUT2D eigenvalue weighted by Crippen LogP contribution is -2.48. The fourth-order valence-electron chi connectivity index (χ4n) is 1.22. The van der Waals surface area contributed by atoms with Gasteiger partial charge in [-0.3, -0.25) is 0 Å². The summed E-state index contributed by atoms with van der Waals surface area (Å²) in [6.45, 7) is 2.23. The van der Waals surface area contributed by atoms with Crippen LogP contribution >= 0.6 is 0 Å². The van der Waals surface area contributed by atoms with Crippen LogP contribution in [-0.2, 0) is 0 Å². The number of hydrogen-bond donors (Lipinski definition) is 1. The zero-order valence-corrected chi connectivity index (χ0v) is 9.45. The SMILES string of the molecule is C/C(=C\C(C)(C)O)CN(C(F)(F)F)C(F)(F)F. The fraction of sp³-hybridized carbons (Fsp3) is 0.778. The summed E-state index contributed by atoms with van der Waals surface area (Å²) in [6, 6.07) is 0. The molecule has 0 aromatic rings. The van der Waals surface area contributed by atoms with Crippen LogP contribution in [-0.4, -0.2) is 34.8 Å². The van der Waals surface area contributed by atoms with Crippen molar-refractivity contribution in [3.05, 3.63) is 11.6 Å². The molecular formula is C9H13F6NO. The van der Waals surface area contributed by atoms with Crippen LogP contribution in [0.1, 0.15) is 20.8 Å². The van der Waals surface area contributed by atoms with Crippen LogP contribution in [0.25, 0.3) is 0 Å². The summed E-state index contributed by atoms with van der Waals surface area (Å²) in [5, 5.41) is 9.25. The molecule has 0 aromatic carbocycles. The monoisotopic (exact) mass is 265 g/mol. The molecule has 0 aliphatic heterocycles. The molecule has 1 N–H and O–H groups in total. The summed E-state index contributed by atoms with van der Waals surface area (Å²) in [5.74, 6) is 0. The highest BCUT2D eigenvalue weighted by Crippen LogP contribution is 2.34. The normalized spacial score (nSPS) is 15.6. The topological polar surface area (TPSA) is 23.5 Å². The Kier molecular flexibility index (Phi) is 4.63. The maximum Gasteiger partial charge on any atom is 0.467 e. The molecule has 0 unspecified atom stereocenters. The first kappa shape index (κ1) is 16.2. The second-order valence-electron chi connectivity index (χ2n) is 4.17. The van der Waals surface area contributed by atoms with Gasteiger partial charge in [0, 0.05) is 6.54 Å². The molecule has 0 rings (SSSR count). The van der Waals surface area contributed by atoms with Gasteiger partial charge < -0.3 is 5.11 Å². The summed E-state index contributed by atoms with van der Waals surface area (Å²) < 4.78 is 72.8. The maximum absolute atomic E-state index is 12.1. The van der Waals surface area contributed by atoms with E-state index in [2.05, 4.69) is 0 Å². The van der Waals surface area contributed by atoms with Gasteiger partial charge in [0.1, 0.15) is 0 Å². The lowest BCUT2D eigenvalue weighted by Gasteiger charge is -2.27. The predicted molar refractivity (Wildman–Crippen MR) is 48.9 cm³/mol. The highest BCUT2D eigenvalue weighted by molar-refractivity contribution is 5.08. The number of halogens is 6. The van der Waals surface area contributed by atoms with Gasteiger partial charge in [-0.05, 0) is 20.8 Å². The summed E-state index contributed by atoms with van der Waals surface area (Å²) in [4.78, 5) is -1.54. The van der Waals surface area contributed by atoms with Gasteiger partial charge in [-0.2, -0.15) is 26.3 Å². The summed E-state index contributed by atoms with van der Waals surface area (Å²) in [7, 11) is 0. The van der Waals surface area contributed by atoms with Gasteiger partial charge in [-0.25, -0.2) is 0 Å². The highest BCUT2D eigenvalue weighted by Gasteiger charge is 2.53. The molecule has 0 aromatic heterocycles. The van der Waals surface area contributed by atoms with E-state index < -0.39 is 29.6 Å². The van der Waals surface area contributed by atoms with E-state index in [0.717, 1.165) is 13.0 Å². The average molecular weight is 265 g/mol. The van der Waals surface area contributed by atoms with E-state index in [0.29, 0.717) is 0 Å². The molecular weight excluding hydrogens is 252 g/mol. The Morgan fingerprint density at radius 1 is 1.06 bits per heavy atom. The van der Waals surface area contributed by atoms with Gasteiger partial charge in [0.25, 0.3) is 0 Å². The molecule has 0 fully saturated rings. The van der Waals surface area contributed by atoms with E-state index in [1.54, 1.807) is 0 Å². The third-order valence-electron chi connectivity index (χ3n) is 1.62. The zero-order valence-electron chi connectivity index (χ0n) is 9.45. The Labute approximate surface area is 94.5 Å². The molecule has 0 spiro atoms. The Bertz CT molecular complexity index is 271. The summed E-state index contributed by atoms with van der Waals surface area (Å²) in [5.41, 5.74) is -1.69. The molecule has 0 aliphatic rings. The van der Waals surface area contributed by atoms with Gasteiger partial charge in [0.2, 0.25) is 0 Å². The van der Waals surface area contributed by atoms with Gasteiger partial charge in [-0.1, -0.05) is 11.6 Å². The van der Waals surface area contributed by atoms with E-state index in [-0.39, 0.29) is 5.57 Å². The minimum Gasteiger partial charge on any atom is -0.386 e. The van der Waals surface area contributed by atoms with E-state index in [1.165, 1.54) is 13.8 Å². The van der Waals surface area contributed by atoms with Crippen LogP contribution in [0.4, 0.5) is 26.3 Å². The molecule has 0 saturated heterocycles. The van der Waals surface area contributed by atoms with Crippen molar-refractivity contribution in [2.75, 3.05) is 6.54 Å². The number of aliphatic hydroxyl groups is 1. The molecule has 0 radical (unpaired) electrons. The minimum atomic E-state index is -5.51. The minimum absolute atomic E-state index is 0.229. The first-order chi connectivity index (χ1) is 7.23. The van der Waals surface area contributed by atoms with E-state index in [9.17, 15) is 31.4 Å². The maximum atomic E-state index is 12.1. The summed E-state index contributed by atoms with van der Waals surface area (Å²) >= 11 is 0. The van der Waals surface area contributed by atoms with Crippen molar-refractivity contribution in [1.29, 1.82) is 0 Å². The molecule has 102 valence electrons. The quantitative estimate of drug-likeness (QED) is 0.481. The van der Waals surface area contributed by atoms with E-state index >= 15 is 0 Å². The van der Waals surface area contributed by atoms with E-state index in [4.69, 9.17) is 0 Å². The van der Waals surface area contributed by atoms with Gasteiger partial charge >= 0.3 is 12.6 Å². The summed E-state index contributed by atoms with van der Waals surface area (Å²) in [6.07, 6.45) is -10.1. The van der Waals surface area contributed by atoms with Crippen LogP contribution in [0.5, 0.6) is 0 Å². The van der Waals surface area contributed by atoms with Crippen LogP contribution in [0.2, 0.25) is 0 Å². The first-order valence-electron chi connectivity index (χ1n) is 4.55. The number of rotatable bonds is 3. The molecule has 0 bridgehead atoms. The van der Waals surface area contributed by atoms with Gasteiger partial charge in [0.15, 0.2) is 0 Å². The van der Waals surface area contributed by atoms with Crippen LogP contribution in [0.3, 0.4) is 0 Å². The van der Waals surface area contributed by atoms with Crippen molar-refractivity contribution >= 4 is 0 Å². The Morgan fingerprint density at radius 2 is 1.41 bits per heavy atom. The van der Waals surface area contributed by atoms with Gasteiger partial charge in [-0.15, -0.1) is 4.90 Å². The van der Waals surface area contributed by atoms with Crippen LogP contribution in [0.15, 0.2) is 11.6 Å². The van der Waals surface area contributed by atoms with E-state index in [1.807, 2.05) is 0 Å². The highest BCUT2D eigenvalue weighted by atomic mass is 19.4. The van der Waals surface area contributed by atoms with Crippen molar-refractivity contribution in [3.63, 3.8) is 0 Å². The molecule has 0 saturated carbocycles. The fourth-order valence-corrected chi connectivity index (χ4v) is 1.22. The van der Waals surface area contributed by atoms with Crippen molar-refractivity contribution < 1.29 is 31.4 Å². The smallest absolute Gasteiger partial charge is 0.386 e. The van der Waals surface area contributed by atoms with Crippen molar-refractivity contribution in [2.45, 2.75) is 39.0 Å². The first-order valence-corrected chi connectivity index (χ1v) is 4.55. The molecule has 0 aliphatic carbocycles. The molecule has 0 atom stereocenters. The number of hydrogen-bond acceptors (Lipinski definition) is 2. The molecule has 0 amide bonds. The third-order valence-corrected chi connectivity index (χ3v) is 1.62. The largest absolute Gasteiger partial charge is 0.467 e. The van der Waals surface area contributed by atoms with Crippen molar-refractivity contribution in [1.82, 2.24) is 4.90 Å². The van der Waals surface area contributed by atoms with Crippen molar-refractivity contribution in [2.24, 2.45) is 0 Å². The molecule has 0 heterocycles. The van der Waals surface area contributed by atoms with Gasteiger partial charge in [0.05, 0.1) is 5.60 Å². The number of alkyl halides is 6. The second kappa shape index (κ2) is 4.85. The Hall–Kier alpha value is -0.760.